The van der Waals surface area contributed by atoms with Gasteiger partial charge in [-0.25, -0.2) is 0 Å². The van der Waals surface area contributed by atoms with Gasteiger partial charge in [-0.15, -0.1) is 0 Å². The van der Waals surface area contributed by atoms with Crippen LogP contribution in [0, 0.1) is 0 Å². The zero-order chi connectivity index (χ0) is 20.3. The second-order valence-corrected chi connectivity index (χ2v) is 6.68. The summed E-state index contributed by atoms with van der Waals surface area (Å²) in [7, 11) is 3.83. The zero-order valence-corrected chi connectivity index (χ0v) is 16.6. The highest BCUT2D eigenvalue weighted by Crippen LogP contribution is 2.18. The van der Waals surface area contributed by atoms with Crippen molar-refractivity contribution in [3.05, 3.63) is 29.8 Å². The molecule has 0 spiro atoms. The van der Waals surface area contributed by atoms with E-state index < -0.39 is 12.8 Å². The summed E-state index contributed by atoms with van der Waals surface area (Å²) in [4.78, 5) is 6.49. The molecule has 0 atom stereocenters. The van der Waals surface area contributed by atoms with E-state index in [2.05, 4.69) is 41.4 Å². The highest BCUT2D eigenvalue weighted by Gasteiger charge is 2.28. The number of aliphatic imine (C=N–C) groups is 1. The topological polar surface area (TPSA) is 48.9 Å². The largest absolute Gasteiger partial charge is 0.484 e. The fraction of sp³-hybridized carbons (Fsp3) is 0.632. The first-order valence-electron chi connectivity index (χ1n) is 9.14. The molecule has 154 valence electrons. The molecule has 0 saturated heterocycles. The number of nitrogens with zero attached hydrogens (tertiary/aromatic N) is 2. The fourth-order valence-corrected chi connectivity index (χ4v) is 2.23. The molecular formula is C19H31F3N4O. The quantitative estimate of drug-likeness (QED) is 0.366. The van der Waals surface area contributed by atoms with E-state index >= 15 is 0 Å². The van der Waals surface area contributed by atoms with Crippen LogP contribution >= 0.6 is 0 Å². The molecule has 0 unspecified atom stereocenters. The second-order valence-electron chi connectivity index (χ2n) is 6.68. The SMILES string of the molecule is CN=C(NCCCCN(C)C(C)C)NCc1ccc(OCC(F)(F)F)cc1. The number of ether oxygens (including phenoxy) is 1. The molecule has 1 aromatic carbocycles. The fourth-order valence-electron chi connectivity index (χ4n) is 2.23. The number of rotatable bonds is 10. The van der Waals surface area contributed by atoms with Gasteiger partial charge in [-0.1, -0.05) is 12.1 Å². The monoisotopic (exact) mass is 388 g/mol. The van der Waals surface area contributed by atoms with E-state index in [0.29, 0.717) is 18.5 Å². The van der Waals surface area contributed by atoms with Gasteiger partial charge in [0.1, 0.15) is 5.75 Å². The molecule has 0 amide bonds. The molecular weight excluding hydrogens is 357 g/mol. The van der Waals surface area contributed by atoms with Crippen molar-refractivity contribution in [3.63, 3.8) is 0 Å². The summed E-state index contributed by atoms with van der Waals surface area (Å²) in [6, 6.07) is 7.08. The Morgan fingerprint density at radius 3 is 2.37 bits per heavy atom. The van der Waals surface area contributed by atoms with E-state index in [4.69, 9.17) is 4.74 Å². The van der Waals surface area contributed by atoms with Crippen LogP contribution in [0.25, 0.3) is 0 Å². The van der Waals surface area contributed by atoms with Crippen LogP contribution < -0.4 is 15.4 Å². The molecule has 0 saturated carbocycles. The van der Waals surface area contributed by atoms with Crippen LogP contribution in [-0.4, -0.2) is 56.9 Å². The van der Waals surface area contributed by atoms with Gasteiger partial charge in [-0.05, 0) is 58.0 Å². The Morgan fingerprint density at radius 2 is 1.81 bits per heavy atom. The van der Waals surface area contributed by atoms with E-state index in [9.17, 15) is 13.2 Å². The number of unbranched alkanes of at least 4 members (excludes halogenated alkanes) is 1. The lowest BCUT2D eigenvalue weighted by atomic mass is 10.2. The summed E-state index contributed by atoms with van der Waals surface area (Å²) in [5, 5.41) is 6.45. The van der Waals surface area contributed by atoms with Gasteiger partial charge in [0, 0.05) is 26.2 Å². The second kappa shape index (κ2) is 11.7. The molecule has 0 aromatic heterocycles. The predicted molar refractivity (Wildman–Crippen MR) is 103 cm³/mol. The van der Waals surface area contributed by atoms with Crippen LogP contribution in [0.2, 0.25) is 0 Å². The number of guanidine groups is 1. The Bertz CT molecular complexity index is 559. The van der Waals surface area contributed by atoms with Crippen molar-refractivity contribution in [1.82, 2.24) is 15.5 Å². The summed E-state index contributed by atoms with van der Waals surface area (Å²) >= 11 is 0. The standard InChI is InChI=1S/C19H31F3N4O/c1-15(2)26(4)12-6-5-11-24-18(23-3)25-13-16-7-9-17(10-8-16)27-14-19(20,21)22/h7-10,15H,5-6,11-14H2,1-4H3,(H2,23,24,25). The molecule has 0 aliphatic carbocycles. The number of hydrogen-bond donors (Lipinski definition) is 2. The minimum Gasteiger partial charge on any atom is -0.484 e. The molecule has 5 nitrogen and oxygen atoms in total. The molecule has 0 aliphatic rings. The number of halogens is 3. The van der Waals surface area contributed by atoms with Crippen LogP contribution in [-0.2, 0) is 6.54 Å². The maximum atomic E-state index is 12.1. The summed E-state index contributed by atoms with van der Waals surface area (Å²) in [6.07, 6.45) is -2.18. The normalized spacial score (nSPS) is 12.6. The van der Waals surface area contributed by atoms with Gasteiger partial charge in [-0.3, -0.25) is 4.99 Å². The van der Waals surface area contributed by atoms with Crippen LogP contribution in [0.15, 0.2) is 29.3 Å². The van der Waals surface area contributed by atoms with Crippen LogP contribution in [0.3, 0.4) is 0 Å². The van der Waals surface area contributed by atoms with E-state index in [1.165, 1.54) is 12.1 Å². The van der Waals surface area contributed by atoms with Gasteiger partial charge in [0.05, 0.1) is 0 Å². The first-order valence-corrected chi connectivity index (χ1v) is 9.14. The molecule has 0 radical (unpaired) electrons. The van der Waals surface area contributed by atoms with E-state index in [1.807, 2.05) is 0 Å². The lowest BCUT2D eigenvalue weighted by Gasteiger charge is -2.20. The summed E-state index contributed by atoms with van der Waals surface area (Å²) in [5.41, 5.74) is 0.927. The molecule has 0 fully saturated rings. The Hall–Kier alpha value is -1.96. The first-order chi connectivity index (χ1) is 12.7. The molecule has 27 heavy (non-hydrogen) atoms. The number of nitrogens with one attached hydrogen (secondary N) is 2. The number of alkyl halides is 3. The van der Waals surface area contributed by atoms with Gasteiger partial charge in [0.25, 0.3) is 0 Å². The van der Waals surface area contributed by atoms with Gasteiger partial charge >= 0.3 is 6.18 Å². The molecule has 1 aromatic rings. The van der Waals surface area contributed by atoms with Crippen LogP contribution in [0.1, 0.15) is 32.3 Å². The number of hydrogen-bond acceptors (Lipinski definition) is 3. The van der Waals surface area contributed by atoms with Crippen molar-refractivity contribution >= 4 is 5.96 Å². The van der Waals surface area contributed by atoms with Crippen molar-refractivity contribution in [2.75, 3.05) is 33.8 Å². The van der Waals surface area contributed by atoms with Crippen molar-refractivity contribution in [1.29, 1.82) is 0 Å². The smallest absolute Gasteiger partial charge is 0.422 e. The molecule has 0 bridgehead atoms. The maximum Gasteiger partial charge on any atom is 0.422 e. The minimum atomic E-state index is -4.33. The summed E-state index contributed by atoms with van der Waals surface area (Å²) in [5.74, 6) is 0.898. The third kappa shape index (κ3) is 10.7. The molecule has 8 heteroatoms. The van der Waals surface area contributed by atoms with Gasteiger partial charge < -0.3 is 20.3 Å². The Balaban J connectivity index is 2.28. The highest BCUT2D eigenvalue weighted by molar-refractivity contribution is 5.79. The lowest BCUT2D eigenvalue weighted by molar-refractivity contribution is -0.153. The van der Waals surface area contributed by atoms with Crippen molar-refractivity contribution in [3.8, 4) is 5.75 Å². The molecule has 0 aliphatic heterocycles. The van der Waals surface area contributed by atoms with Gasteiger partial charge in [0.2, 0.25) is 0 Å². The Labute approximate surface area is 160 Å². The Kier molecular flexibility index (Phi) is 9.99. The van der Waals surface area contributed by atoms with Crippen LogP contribution in [0.5, 0.6) is 5.75 Å². The van der Waals surface area contributed by atoms with Crippen molar-refractivity contribution < 1.29 is 17.9 Å². The average molecular weight is 388 g/mol. The van der Waals surface area contributed by atoms with Crippen molar-refractivity contribution in [2.24, 2.45) is 4.99 Å². The molecule has 1 rings (SSSR count). The van der Waals surface area contributed by atoms with Crippen molar-refractivity contribution in [2.45, 2.75) is 45.5 Å². The van der Waals surface area contributed by atoms with E-state index in [-0.39, 0.29) is 5.75 Å². The van der Waals surface area contributed by atoms with E-state index in [0.717, 1.165) is 31.5 Å². The average Bonchev–Trinajstić information content (AvgIpc) is 2.62. The van der Waals surface area contributed by atoms with E-state index in [1.54, 1.807) is 19.2 Å². The third-order valence-corrected chi connectivity index (χ3v) is 4.12. The first kappa shape index (κ1) is 23.1. The molecule has 0 heterocycles. The third-order valence-electron chi connectivity index (χ3n) is 4.12. The van der Waals surface area contributed by atoms with Gasteiger partial charge in [0.15, 0.2) is 12.6 Å². The van der Waals surface area contributed by atoms with Gasteiger partial charge in [-0.2, -0.15) is 13.2 Å². The summed E-state index contributed by atoms with van der Waals surface area (Å²) < 4.78 is 41.1. The molecule has 2 N–H and O–H groups in total. The van der Waals surface area contributed by atoms with Crippen LogP contribution in [0.4, 0.5) is 13.2 Å². The zero-order valence-electron chi connectivity index (χ0n) is 16.6. The minimum absolute atomic E-state index is 0.199. The summed E-state index contributed by atoms with van der Waals surface area (Å²) in [6.45, 7) is 5.49. The Morgan fingerprint density at radius 1 is 1.15 bits per heavy atom. The predicted octanol–water partition coefficient (Wildman–Crippen LogP) is 3.41. The maximum absolute atomic E-state index is 12.1. The lowest BCUT2D eigenvalue weighted by Crippen LogP contribution is -2.37. The highest BCUT2D eigenvalue weighted by atomic mass is 19.4. The number of benzene rings is 1.